The van der Waals surface area contributed by atoms with Gasteiger partial charge in [0, 0.05) is 25.6 Å². The molecule has 0 amide bonds. The van der Waals surface area contributed by atoms with Crippen LogP contribution in [0.3, 0.4) is 0 Å². The van der Waals surface area contributed by atoms with E-state index in [0.717, 1.165) is 32.4 Å². The van der Waals surface area contributed by atoms with Gasteiger partial charge in [0.1, 0.15) is 0 Å². The summed E-state index contributed by atoms with van der Waals surface area (Å²) in [6, 6.07) is 0.648. The van der Waals surface area contributed by atoms with E-state index in [0.29, 0.717) is 12.1 Å². The van der Waals surface area contributed by atoms with Crippen LogP contribution in [0.5, 0.6) is 0 Å². The van der Waals surface area contributed by atoms with Crippen LogP contribution >= 0.6 is 0 Å². The fraction of sp³-hybridized carbons (Fsp3) is 0.800. The normalized spacial score (nSPS) is 27.7. The van der Waals surface area contributed by atoms with Crippen molar-refractivity contribution in [2.45, 2.75) is 38.3 Å². The zero-order chi connectivity index (χ0) is 8.81. The van der Waals surface area contributed by atoms with Crippen LogP contribution in [0.1, 0.15) is 26.2 Å². The van der Waals surface area contributed by atoms with Crippen molar-refractivity contribution in [2.24, 2.45) is 0 Å². The molecule has 0 radical (unpaired) electrons. The summed E-state index contributed by atoms with van der Waals surface area (Å²) in [5.74, 6) is 2.61. The average molecular weight is 167 g/mol. The maximum Gasteiger partial charge on any atom is 0.0604 e. The first-order valence-corrected chi connectivity index (χ1v) is 4.65. The largest absolute Gasteiger partial charge is 0.378 e. The minimum absolute atomic E-state index is 0.498. The molecule has 0 saturated heterocycles. The lowest BCUT2D eigenvalue weighted by Gasteiger charge is -2.35. The monoisotopic (exact) mass is 167 g/mol. The van der Waals surface area contributed by atoms with Crippen molar-refractivity contribution >= 4 is 0 Å². The molecule has 0 bridgehead atoms. The molecule has 68 valence electrons. The van der Waals surface area contributed by atoms with Crippen LogP contribution in [0.15, 0.2) is 0 Å². The van der Waals surface area contributed by atoms with Gasteiger partial charge in [0.25, 0.3) is 0 Å². The van der Waals surface area contributed by atoms with Gasteiger partial charge in [-0.15, -0.1) is 12.3 Å². The van der Waals surface area contributed by atoms with Gasteiger partial charge in [0.2, 0.25) is 0 Å². The van der Waals surface area contributed by atoms with Crippen molar-refractivity contribution in [1.82, 2.24) is 5.32 Å². The highest BCUT2D eigenvalue weighted by atomic mass is 16.5. The average Bonchev–Trinajstić information content (AvgIpc) is 2.00. The molecule has 0 aliphatic heterocycles. The molecule has 1 aliphatic carbocycles. The molecule has 0 atom stereocenters. The van der Waals surface area contributed by atoms with Gasteiger partial charge in [-0.2, -0.15) is 0 Å². The van der Waals surface area contributed by atoms with Crippen molar-refractivity contribution in [3.8, 4) is 12.3 Å². The van der Waals surface area contributed by atoms with Gasteiger partial charge in [-0.25, -0.2) is 0 Å². The highest BCUT2D eigenvalue weighted by Crippen LogP contribution is 2.22. The van der Waals surface area contributed by atoms with Crippen LogP contribution in [0.25, 0.3) is 0 Å². The summed E-state index contributed by atoms with van der Waals surface area (Å²) in [4.78, 5) is 0. The molecule has 1 saturated carbocycles. The van der Waals surface area contributed by atoms with E-state index in [4.69, 9.17) is 11.2 Å². The first kappa shape index (κ1) is 9.57. The van der Waals surface area contributed by atoms with E-state index >= 15 is 0 Å². The van der Waals surface area contributed by atoms with Gasteiger partial charge in [-0.1, -0.05) is 0 Å². The molecule has 1 fully saturated rings. The summed E-state index contributed by atoms with van der Waals surface area (Å²) in [6.07, 6.45) is 8.76. The number of hydrogen-bond acceptors (Lipinski definition) is 2. The summed E-state index contributed by atoms with van der Waals surface area (Å²) >= 11 is 0. The predicted octanol–water partition coefficient (Wildman–Crippen LogP) is 1.17. The Kier molecular flexibility index (Phi) is 4.13. The van der Waals surface area contributed by atoms with Crippen molar-refractivity contribution in [1.29, 1.82) is 0 Å². The van der Waals surface area contributed by atoms with Gasteiger partial charge < -0.3 is 10.1 Å². The van der Waals surface area contributed by atoms with Crippen LogP contribution in [0, 0.1) is 12.3 Å². The summed E-state index contributed by atoms with van der Waals surface area (Å²) in [7, 11) is 0. The summed E-state index contributed by atoms with van der Waals surface area (Å²) in [5.41, 5.74) is 0. The molecule has 0 aromatic carbocycles. The van der Waals surface area contributed by atoms with E-state index in [1.54, 1.807) is 0 Å². The third-order valence-electron chi connectivity index (χ3n) is 2.20. The molecule has 2 nitrogen and oxygen atoms in total. The number of ether oxygens (including phenoxy) is 1. The fourth-order valence-corrected chi connectivity index (χ4v) is 1.45. The topological polar surface area (TPSA) is 21.3 Å². The molecule has 1 aliphatic rings. The van der Waals surface area contributed by atoms with E-state index in [1.165, 1.54) is 0 Å². The number of terminal acetylenes is 1. The van der Waals surface area contributed by atoms with Gasteiger partial charge in [-0.05, 0) is 19.8 Å². The van der Waals surface area contributed by atoms with Crippen LogP contribution in [-0.4, -0.2) is 25.3 Å². The number of nitrogens with one attached hydrogen (secondary N) is 1. The molecule has 0 spiro atoms. The van der Waals surface area contributed by atoms with Crippen LogP contribution in [-0.2, 0) is 4.74 Å². The molecule has 1 rings (SSSR count). The molecule has 12 heavy (non-hydrogen) atoms. The van der Waals surface area contributed by atoms with Crippen molar-refractivity contribution in [3.63, 3.8) is 0 Å². The molecular formula is C10H17NO. The maximum absolute atomic E-state index is 5.43. The van der Waals surface area contributed by atoms with E-state index in [-0.39, 0.29) is 0 Å². The van der Waals surface area contributed by atoms with Crippen LogP contribution in [0.2, 0.25) is 0 Å². The predicted molar refractivity (Wildman–Crippen MR) is 49.9 cm³/mol. The second-order valence-corrected chi connectivity index (χ2v) is 3.15. The smallest absolute Gasteiger partial charge is 0.0604 e. The minimum Gasteiger partial charge on any atom is -0.378 e. The lowest BCUT2D eigenvalue weighted by atomic mass is 9.89. The molecule has 0 heterocycles. The van der Waals surface area contributed by atoms with Crippen molar-refractivity contribution < 1.29 is 4.74 Å². The Morgan fingerprint density at radius 1 is 1.58 bits per heavy atom. The van der Waals surface area contributed by atoms with E-state index in [9.17, 15) is 0 Å². The van der Waals surface area contributed by atoms with Crippen molar-refractivity contribution in [2.75, 3.05) is 13.2 Å². The van der Waals surface area contributed by atoms with E-state index in [1.807, 2.05) is 6.92 Å². The third-order valence-corrected chi connectivity index (χ3v) is 2.20. The first-order valence-electron chi connectivity index (χ1n) is 4.65. The quantitative estimate of drug-likeness (QED) is 0.490. The summed E-state index contributed by atoms with van der Waals surface area (Å²) in [5, 5.41) is 3.39. The lowest BCUT2D eigenvalue weighted by Crippen LogP contribution is -2.45. The zero-order valence-electron chi connectivity index (χ0n) is 7.68. The van der Waals surface area contributed by atoms with Crippen LogP contribution in [0.4, 0.5) is 0 Å². The Morgan fingerprint density at radius 3 is 2.92 bits per heavy atom. The maximum atomic E-state index is 5.43. The Labute approximate surface area is 74.7 Å². The molecule has 1 N–H and O–H groups in total. The van der Waals surface area contributed by atoms with Gasteiger partial charge in [-0.3, -0.25) is 0 Å². The molecule has 0 aromatic rings. The van der Waals surface area contributed by atoms with E-state index in [2.05, 4.69) is 11.2 Å². The van der Waals surface area contributed by atoms with Gasteiger partial charge >= 0.3 is 0 Å². The first-order chi connectivity index (χ1) is 5.86. The summed E-state index contributed by atoms with van der Waals surface area (Å²) < 4.78 is 5.43. The highest BCUT2D eigenvalue weighted by molar-refractivity contribution is 4.89. The molecule has 0 unspecified atom stereocenters. The Hall–Kier alpha value is -0.520. The number of rotatable bonds is 5. The van der Waals surface area contributed by atoms with Crippen molar-refractivity contribution in [3.05, 3.63) is 0 Å². The Balaban J connectivity index is 1.92. The Bertz CT molecular complexity index is 156. The molecular weight excluding hydrogens is 150 g/mol. The van der Waals surface area contributed by atoms with Crippen LogP contribution < -0.4 is 5.32 Å². The SMILES string of the molecule is C#CCCNC1CC(OCC)C1. The van der Waals surface area contributed by atoms with Gasteiger partial charge in [0.05, 0.1) is 6.10 Å². The molecule has 2 heteroatoms. The Morgan fingerprint density at radius 2 is 2.33 bits per heavy atom. The molecule has 0 aromatic heterocycles. The second-order valence-electron chi connectivity index (χ2n) is 3.15. The summed E-state index contributed by atoms with van der Waals surface area (Å²) in [6.45, 7) is 3.82. The lowest BCUT2D eigenvalue weighted by molar-refractivity contribution is -0.00954. The minimum atomic E-state index is 0.498. The highest BCUT2D eigenvalue weighted by Gasteiger charge is 2.28. The van der Waals surface area contributed by atoms with E-state index < -0.39 is 0 Å². The zero-order valence-corrected chi connectivity index (χ0v) is 7.68. The van der Waals surface area contributed by atoms with Gasteiger partial charge in [0.15, 0.2) is 0 Å². The third kappa shape index (κ3) is 2.84. The fourth-order valence-electron chi connectivity index (χ4n) is 1.45. The standard InChI is InChI=1S/C10H17NO/c1-3-5-6-11-9-7-10(8-9)12-4-2/h1,9-11H,4-8H2,2H3. The number of hydrogen-bond donors (Lipinski definition) is 1. The second kappa shape index (κ2) is 5.18.